The summed E-state index contributed by atoms with van der Waals surface area (Å²) in [5, 5.41) is 13.6. The molecule has 0 bridgehead atoms. The first-order chi connectivity index (χ1) is 11.3. The Bertz CT molecular complexity index is 551. The Kier molecular flexibility index (Phi) is 5.03. The Hall–Kier alpha value is -1.31. The van der Waals surface area contributed by atoms with Crippen LogP contribution in [-0.4, -0.2) is 54.4 Å². The van der Waals surface area contributed by atoms with Crippen LogP contribution in [-0.2, 0) is 6.18 Å². The number of benzene rings is 1. The predicted octanol–water partition coefficient (Wildman–Crippen LogP) is 2.27. The van der Waals surface area contributed by atoms with E-state index in [2.05, 4.69) is 10.2 Å². The number of alkyl halides is 3. The maximum atomic E-state index is 12.7. The van der Waals surface area contributed by atoms with Gasteiger partial charge in [-0.2, -0.15) is 13.2 Å². The summed E-state index contributed by atoms with van der Waals surface area (Å²) in [6.45, 7) is 3.66. The van der Waals surface area contributed by atoms with E-state index >= 15 is 0 Å². The summed E-state index contributed by atoms with van der Waals surface area (Å²) in [4.78, 5) is 2.21. The number of hydrogen-bond acceptors (Lipinski definition) is 4. The van der Waals surface area contributed by atoms with Crippen LogP contribution < -0.4 is 10.1 Å². The summed E-state index contributed by atoms with van der Waals surface area (Å²) in [5.74, 6) is 0.266. The zero-order chi connectivity index (χ0) is 17.2. The lowest BCUT2D eigenvalue weighted by Gasteiger charge is -2.36. The molecule has 0 radical (unpaired) electrons. The highest BCUT2D eigenvalue weighted by Crippen LogP contribution is 2.32. The second kappa shape index (κ2) is 6.90. The molecule has 0 aliphatic carbocycles. The molecule has 7 heteroatoms. The zero-order valence-electron chi connectivity index (χ0n) is 13.5. The number of β-amino-alcohol motifs (C(OH)–C–C–N with tert-alkyl or cyclic N) is 1. The minimum atomic E-state index is -4.35. The van der Waals surface area contributed by atoms with Gasteiger partial charge in [0.25, 0.3) is 0 Å². The van der Waals surface area contributed by atoms with Crippen LogP contribution in [0.2, 0.25) is 0 Å². The van der Waals surface area contributed by atoms with Crippen LogP contribution in [0.3, 0.4) is 0 Å². The van der Waals surface area contributed by atoms with Crippen LogP contribution in [0.1, 0.15) is 24.8 Å². The van der Waals surface area contributed by atoms with Crippen molar-refractivity contribution in [2.75, 3.05) is 32.7 Å². The van der Waals surface area contributed by atoms with E-state index < -0.39 is 17.3 Å². The molecule has 2 N–H and O–H groups in total. The lowest BCUT2D eigenvalue weighted by molar-refractivity contribution is -0.137. The molecular weight excluding hydrogens is 321 g/mol. The lowest BCUT2D eigenvalue weighted by atomic mass is 10.00. The first-order valence-corrected chi connectivity index (χ1v) is 8.33. The third kappa shape index (κ3) is 4.40. The standard InChI is InChI=1S/C17H23F3N2O2/c18-17(19,20)13-2-1-3-15(10-13)24-14-4-8-22(9-5-14)12-16(23)6-7-21-11-16/h1-3,10,14,21,23H,4-9,11-12H2. The number of hydrogen-bond donors (Lipinski definition) is 2. The molecule has 1 unspecified atom stereocenters. The molecule has 1 aromatic rings. The van der Waals surface area contributed by atoms with Gasteiger partial charge in [-0.1, -0.05) is 6.07 Å². The summed E-state index contributed by atoms with van der Waals surface area (Å²) < 4.78 is 43.9. The van der Waals surface area contributed by atoms with Crippen molar-refractivity contribution in [3.05, 3.63) is 29.8 Å². The van der Waals surface area contributed by atoms with Crippen molar-refractivity contribution in [2.24, 2.45) is 0 Å². The summed E-state index contributed by atoms with van der Waals surface area (Å²) in [5.41, 5.74) is -1.34. The van der Waals surface area contributed by atoms with Gasteiger partial charge in [-0.15, -0.1) is 0 Å². The molecule has 2 fully saturated rings. The summed E-state index contributed by atoms with van der Waals surface area (Å²) in [6, 6.07) is 5.04. The van der Waals surface area contributed by atoms with Gasteiger partial charge < -0.3 is 20.1 Å². The van der Waals surface area contributed by atoms with E-state index in [1.165, 1.54) is 6.07 Å². The number of nitrogens with one attached hydrogen (secondary N) is 1. The van der Waals surface area contributed by atoms with Crippen LogP contribution in [0, 0.1) is 0 Å². The fraction of sp³-hybridized carbons (Fsp3) is 0.647. The van der Waals surface area contributed by atoms with E-state index in [-0.39, 0.29) is 11.9 Å². The van der Waals surface area contributed by atoms with Crippen LogP contribution in [0.5, 0.6) is 5.75 Å². The quantitative estimate of drug-likeness (QED) is 0.880. The molecule has 3 rings (SSSR count). The number of halogens is 3. The molecule has 0 aromatic heterocycles. The van der Waals surface area contributed by atoms with Crippen molar-refractivity contribution < 1.29 is 23.0 Å². The Balaban J connectivity index is 1.50. The van der Waals surface area contributed by atoms with E-state index in [1.54, 1.807) is 6.07 Å². The van der Waals surface area contributed by atoms with E-state index in [4.69, 9.17) is 4.74 Å². The van der Waals surface area contributed by atoms with E-state index in [1.807, 2.05) is 0 Å². The molecule has 1 aromatic carbocycles. The maximum Gasteiger partial charge on any atom is 0.416 e. The highest BCUT2D eigenvalue weighted by atomic mass is 19.4. The summed E-state index contributed by atoms with van der Waals surface area (Å²) in [7, 11) is 0. The Morgan fingerprint density at radius 2 is 2.04 bits per heavy atom. The third-order valence-electron chi connectivity index (χ3n) is 4.74. The van der Waals surface area contributed by atoms with Crippen LogP contribution in [0.25, 0.3) is 0 Å². The third-order valence-corrected chi connectivity index (χ3v) is 4.74. The van der Waals surface area contributed by atoms with Gasteiger partial charge in [0.05, 0.1) is 11.2 Å². The van der Waals surface area contributed by atoms with E-state index in [0.717, 1.165) is 51.0 Å². The lowest BCUT2D eigenvalue weighted by Crippen LogP contribution is -2.48. The van der Waals surface area contributed by atoms with Gasteiger partial charge in [0.1, 0.15) is 11.9 Å². The highest BCUT2D eigenvalue weighted by molar-refractivity contribution is 5.30. The Labute approximate surface area is 139 Å². The molecular formula is C17H23F3N2O2. The van der Waals surface area contributed by atoms with Crippen LogP contribution in [0.4, 0.5) is 13.2 Å². The molecule has 1 atom stereocenters. The van der Waals surface area contributed by atoms with Crippen molar-refractivity contribution >= 4 is 0 Å². The second-order valence-corrected chi connectivity index (χ2v) is 6.77. The number of rotatable bonds is 4. The van der Waals surface area contributed by atoms with Gasteiger partial charge in [0, 0.05) is 26.2 Å². The fourth-order valence-electron chi connectivity index (χ4n) is 3.41. The Morgan fingerprint density at radius 1 is 1.29 bits per heavy atom. The van der Waals surface area contributed by atoms with Crippen molar-refractivity contribution in [1.82, 2.24) is 10.2 Å². The summed E-state index contributed by atoms with van der Waals surface area (Å²) in [6.07, 6.45) is -2.18. The predicted molar refractivity (Wildman–Crippen MR) is 84.0 cm³/mol. The fourth-order valence-corrected chi connectivity index (χ4v) is 3.41. The van der Waals surface area contributed by atoms with Gasteiger partial charge in [0.15, 0.2) is 0 Å². The van der Waals surface area contributed by atoms with Crippen LogP contribution >= 0.6 is 0 Å². The monoisotopic (exact) mass is 344 g/mol. The highest BCUT2D eigenvalue weighted by Gasteiger charge is 2.34. The van der Waals surface area contributed by atoms with Crippen molar-refractivity contribution in [3.8, 4) is 5.75 Å². The molecule has 2 aliphatic heterocycles. The zero-order valence-corrected chi connectivity index (χ0v) is 13.5. The molecule has 24 heavy (non-hydrogen) atoms. The van der Waals surface area contributed by atoms with Crippen molar-refractivity contribution in [3.63, 3.8) is 0 Å². The number of piperidine rings is 1. The average Bonchev–Trinajstić information content (AvgIpc) is 2.95. The SMILES string of the molecule is OC1(CN2CCC(Oc3cccc(C(F)(F)F)c3)CC2)CCNC1. The van der Waals surface area contributed by atoms with Crippen molar-refractivity contribution in [2.45, 2.75) is 37.1 Å². The van der Waals surface area contributed by atoms with Gasteiger partial charge >= 0.3 is 6.18 Å². The number of aliphatic hydroxyl groups is 1. The minimum Gasteiger partial charge on any atom is -0.490 e. The molecule has 134 valence electrons. The number of likely N-dealkylation sites (tertiary alicyclic amines) is 1. The van der Waals surface area contributed by atoms with E-state index in [9.17, 15) is 18.3 Å². The normalized spacial score (nSPS) is 26.7. The first-order valence-electron chi connectivity index (χ1n) is 8.33. The van der Waals surface area contributed by atoms with Crippen LogP contribution in [0.15, 0.2) is 24.3 Å². The topological polar surface area (TPSA) is 44.7 Å². The van der Waals surface area contributed by atoms with Gasteiger partial charge in [0.2, 0.25) is 0 Å². The molecule has 0 spiro atoms. The molecule has 2 heterocycles. The van der Waals surface area contributed by atoms with E-state index in [0.29, 0.717) is 13.1 Å². The minimum absolute atomic E-state index is 0.0823. The van der Waals surface area contributed by atoms with Crippen molar-refractivity contribution in [1.29, 1.82) is 0 Å². The molecule has 0 amide bonds. The molecule has 2 aliphatic rings. The Morgan fingerprint density at radius 3 is 2.67 bits per heavy atom. The number of ether oxygens (including phenoxy) is 1. The summed E-state index contributed by atoms with van der Waals surface area (Å²) >= 11 is 0. The average molecular weight is 344 g/mol. The molecule has 2 saturated heterocycles. The van der Waals surface area contributed by atoms with Gasteiger partial charge in [-0.05, 0) is 44.0 Å². The molecule has 0 saturated carbocycles. The second-order valence-electron chi connectivity index (χ2n) is 6.77. The van der Waals surface area contributed by atoms with Gasteiger partial charge in [-0.25, -0.2) is 0 Å². The smallest absolute Gasteiger partial charge is 0.416 e. The van der Waals surface area contributed by atoms with Gasteiger partial charge in [-0.3, -0.25) is 0 Å². The largest absolute Gasteiger partial charge is 0.490 e. The first kappa shape index (κ1) is 17.5. The number of nitrogens with zero attached hydrogens (tertiary/aromatic N) is 1. The maximum absolute atomic E-state index is 12.7. The molecule has 4 nitrogen and oxygen atoms in total.